The fraction of sp³-hybridized carbons (Fsp3) is 0.429. The molecule has 0 fully saturated rings. The number of benzene rings is 1. The average Bonchev–Trinajstić information content (AvgIpc) is 2.76. The molecule has 0 spiro atoms. The lowest BCUT2D eigenvalue weighted by Gasteiger charge is -2.08. The molecule has 0 saturated carbocycles. The van der Waals surface area contributed by atoms with Gasteiger partial charge in [-0.05, 0) is 39.0 Å². The van der Waals surface area contributed by atoms with Gasteiger partial charge in [-0.1, -0.05) is 29.4 Å². The lowest BCUT2D eigenvalue weighted by atomic mass is 10.1. The van der Waals surface area contributed by atoms with E-state index in [2.05, 4.69) is 53.4 Å². The molecule has 4 nitrogen and oxygen atoms in total. The first-order valence-electron chi connectivity index (χ1n) is 6.19. The molecular weight excluding hydrogens is 226 g/mol. The lowest BCUT2D eigenvalue weighted by Crippen LogP contribution is -2.13. The molecule has 0 aliphatic heterocycles. The number of aryl methyl sites for hydroxylation is 2. The second-order valence-electron chi connectivity index (χ2n) is 4.74. The van der Waals surface area contributed by atoms with Crippen LogP contribution < -0.4 is 0 Å². The molecule has 96 valence electrons. The normalized spacial score (nSPS) is 11.1. The zero-order chi connectivity index (χ0) is 13.0. The van der Waals surface area contributed by atoms with Gasteiger partial charge in [0, 0.05) is 12.5 Å². The van der Waals surface area contributed by atoms with Gasteiger partial charge >= 0.3 is 0 Å². The second kappa shape index (κ2) is 5.78. The second-order valence-corrected chi connectivity index (χ2v) is 4.74. The van der Waals surface area contributed by atoms with E-state index in [1.807, 2.05) is 0 Å². The fourth-order valence-corrected chi connectivity index (χ4v) is 1.84. The zero-order valence-electron chi connectivity index (χ0n) is 11.2. The molecule has 2 aromatic rings. The minimum atomic E-state index is 0.597. The van der Waals surface area contributed by atoms with Crippen LogP contribution >= 0.6 is 0 Å². The molecule has 0 amide bonds. The van der Waals surface area contributed by atoms with Gasteiger partial charge in [0.05, 0.1) is 0 Å². The molecule has 1 aromatic carbocycles. The summed E-state index contributed by atoms with van der Waals surface area (Å²) in [5, 5.41) is 3.91. The number of hydrogen-bond donors (Lipinski definition) is 0. The van der Waals surface area contributed by atoms with E-state index in [1.54, 1.807) is 6.92 Å². The van der Waals surface area contributed by atoms with E-state index < -0.39 is 0 Å². The van der Waals surface area contributed by atoms with E-state index in [0.717, 1.165) is 18.5 Å². The van der Waals surface area contributed by atoms with Crippen molar-refractivity contribution in [2.24, 2.45) is 0 Å². The summed E-state index contributed by atoms with van der Waals surface area (Å²) >= 11 is 0. The first-order chi connectivity index (χ1) is 8.65. The first kappa shape index (κ1) is 12.8. The summed E-state index contributed by atoms with van der Waals surface area (Å²) in [6.45, 7) is 2.91. The Kier molecular flexibility index (Phi) is 4.10. The first-order valence-corrected chi connectivity index (χ1v) is 6.19. The van der Waals surface area contributed by atoms with Gasteiger partial charge < -0.3 is 9.42 Å². The van der Waals surface area contributed by atoms with Gasteiger partial charge in [0.15, 0.2) is 0 Å². The molecule has 0 atom stereocenters. The Balaban J connectivity index is 1.97. The molecule has 0 bridgehead atoms. The summed E-state index contributed by atoms with van der Waals surface area (Å²) in [5.74, 6) is 1.26. The Bertz CT molecular complexity index is 488. The Morgan fingerprint density at radius 3 is 2.44 bits per heavy atom. The summed E-state index contributed by atoms with van der Waals surface area (Å²) in [6.07, 6.45) is 2.28. The van der Waals surface area contributed by atoms with Crippen LogP contribution in [0.2, 0.25) is 0 Å². The van der Waals surface area contributed by atoms with Crippen molar-refractivity contribution in [3.8, 4) is 11.4 Å². The van der Waals surface area contributed by atoms with Crippen LogP contribution in [0.15, 0.2) is 28.8 Å². The zero-order valence-corrected chi connectivity index (χ0v) is 11.2. The minimum absolute atomic E-state index is 0.597. The Morgan fingerprint density at radius 1 is 1.17 bits per heavy atom. The van der Waals surface area contributed by atoms with E-state index in [-0.39, 0.29) is 0 Å². The lowest BCUT2D eigenvalue weighted by molar-refractivity contribution is 0.394. The van der Waals surface area contributed by atoms with Gasteiger partial charge in [0.2, 0.25) is 11.7 Å². The van der Waals surface area contributed by atoms with Crippen LogP contribution in [-0.2, 0) is 6.42 Å². The van der Waals surface area contributed by atoms with E-state index in [1.165, 1.54) is 12.0 Å². The largest absolute Gasteiger partial charge is 0.339 e. The molecule has 1 aromatic heterocycles. The third-order valence-electron chi connectivity index (χ3n) is 2.81. The van der Waals surface area contributed by atoms with E-state index in [4.69, 9.17) is 4.52 Å². The third kappa shape index (κ3) is 3.40. The van der Waals surface area contributed by atoms with Crippen molar-refractivity contribution < 1.29 is 4.52 Å². The monoisotopic (exact) mass is 245 g/mol. The highest BCUT2D eigenvalue weighted by Gasteiger charge is 2.05. The maximum atomic E-state index is 4.97. The quantitative estimate of drug-likeness (QED) is 0.811. The number of hydrogen-bond acceptors (Lipinski definition) is 4. The summed E-state index contributed by atoms with van der Waals surface area (Å²) in [4.78, 5) is 6.42. The van der Waals surface area contributed by atoms with Crippen molar-refractivity contribution in [1.82, 2.24) is 15.0 Å². The number of rotatable bonds is 5. The standard InChI is InChI=1S/C14H19N3O/c1-11-15-14(16-18-11)13-8-6-12(7-9-13)5-4-10-17(2)3/h6-9H,4-5,10H2,1-3H3. The molecule has 0 radical (unpaired) electrons. The average molecular weight is 245 g/mol. The summed E-state index contributed by atoms with van der Waals surface area (Å²) in [5.41, 5.74) is 2.35. The molecule has 0 aliphatic rings. The van der Waals surface area contributed by atoms with Gasteiger partial charge in [-0.3, -0.25) is 0 Å². The summed E-state index contributed by atoms with van der Waals surface area (Å²) in [6, 6.07) is 8.37. The van der Waals surface area contributed by atoms with Crippen molar-refractivity contribution in [2.75, 3.05) is 20.6 Å². The topological polar surface area (TPSA) is 42.2 Å². The number of aromatic nitrogens is 2. The highest BCUT2D eigenvalue weighted by Crippen LogP contribution is 2.16. The molecule has 0 aliphatic carbocycles. The Labute approximate surface area is 108 Å². The Hall–Kier alpha value is -1.68. The van der Waals surface area contributed by atoms with Gasteiger partial charge in [-0.2, -0.15) is 4.98 Å². The van der Waals surface area contributed by atoms with Crippen LogP contribution in [0.4, 0.5) is 0 Å². The fourth-order valence-electron chi connectivity index (χ4n) is 1.84. The van der Waals surface area contributed by atoms with Gasteiger partial charge in [0.1, 0.15) is 0 Å². The SMILES string of the molecule is Cc1nc(-c2ccc(CCCN(C)C)cc2)no1. The maximum Gasteiger partial charge on any atom is 0.223 e. The molecule has 1 heterocycles. The van der Waals surface area contributed by atoms with Crippen molar-refractivity contribution in [3.63, 3.8) is 0 Å². The van der Waals surface area contributed by atoms with Gasteiger partial charge in [-0.15, -0.1) is 0 Å². The van der Waals surface area contributed by atoms with Crippen LogP contribution in [0.25, 0.3) is 11.4 Å². The third-order valence-corrected chi connectivity index (χ3v) is 2.81. The maximum absolute atomic E-state index is 4.97. The van der Waals surface area contributed by atoms with Crippen molar-refractivity contribution >= 4 is 0 Å². The van der Waals surface area contributed by atoms with Crippen molar-refractivity contribution in [1.29, 1.82) is 0 Å². The van der Waals surface area contributed by atoms with Crippen LogP contribution in [0.5, 0.6) is 0 Å². The van der Waals surface area contributed by atoms with Crippen LogP contribution in [0.1, 0.15) is 17.9 Å². The van der Waals surface area contributed by atoms with E-state index >= 15 is 0 Å². The van der Waals surface area contributed by atoms with E-state index in [9.17, 15) is 0 Å². The molecule has 2 rings (SSSR count). The van der Waals surface area contributed by atoms with Crippen LogP contribution in [0.3, 0.4) is 0 Å². The molecule has 4 heteroatoms. The molecule has 0 unspecified atom stereocenters. The van der Waals surface area contributed by atoms with Crippen molar-refractivity contribution in [3.05, 3.63) is 35.7 Å². The van der Waals surface area contributed by atoms with Crippen molar-refractivity contribution in [2.45, 2.75) is 19.8 Å². The summed E-state index contributed by atoms with van der Waals surface area (Å²) < 4.78 is 4.97. The summed E-state index contributed by atoms with van der Waals surface area (Å²) in [7, 11) is 4.20. The molecule has 0 N–H and O–H groups in total. The Morgan fingerprint density at radius 2 is 1.89 bits per heavy atom. The van der Waals surface area contributed by atoms with Gasteiger partial charge in [-0.25, -0.2) is 0 Å². The predicted molar refractivity (Wildman–Crippen MR) is 71.3 cm³/mol. The van der Waals surface area contributed by atoms with Crippen LogP contribution in [-0.4, -0.2) is 35.7 Å². The van der Waals surface area contributed by atoms with E-state index in [0.29, 0.717) is 11.7 Å². The molecule has 18 heavy (non-hydrogen) atoms. The smallest absolute Gasteiger partial charge is 0.223 e. The predicted octanol–water partition coefficient (Wildman–Crippen LogP) is 2.54. The number of nitrogens with zero attached hydrogens (tertiary/aromatic N) is 3. The highest BCUT2D eigenvalue weighted by molar-refractivity contribution is 5.54. The molecular formula is C14H19N3O. The highest BCUT2D eigenvalue weighted by atomic mass is 16.5. The van der Waals surface area contributed by atoms with Gasteiger partial charge in [0.25, 0.3) is 0 Å². The molecule has 0 saturated heterocycles. The minimum Gasteiger partial charge on any atom is -0.339 e. The van der Waals surface area contributed by atoms with Crippen LogP contribution in [0, 0.1) is 6.92 Å².